The Morgan fingerprint density at radius 3 is 2.62 bits per heavy atom. The molecule has 26 heavy (non-hydrogen) atoms. The highest BCUT2D eigenvalue weighted by molar-refractivity contribution is 7.87. The summed E-state index contributed by atoms with van der Waals surface area (Å²) in [7, 11) is -2.08. The lowest BCUT2D eigenvalue weighted by Crippen LogP contribution is -2.33. The zero-order chi connectivity index (χ0) is 19.2. The van der Waals surface area contributed by atoms with E-state index < -0.39 is 15.4 Å². The molecule has 1 heterocycles. The fraction of sp³-hybridized carbons (Fsp3) is 0.389. The lowest BCUT2D eigenvalue weighted by Gasteiger charge is -2.22. The van der Waals surface area contributed by atoms with E-state index in [0.717, 1.165) is 5.56 Å². The van der Waals surface area contributed by atoms with Crippen LogP contribution in [0.25, 0.3) is 0 Å². The standard InChI is InChI=1S/C18H23NO5S2/c1-14(2)26(21,22)24-16-7-4-6-15(12-16)13-19(9-10-23-3)18(20)17-8-5-11-25-17/h4-8,11-12,14H,9-10,13H2,1-3H3. The highest BCUT2D eigenvalue weighted by Gasteiger charge is 2.20. The lowest BCUT2D eigenvalue weighted by molar-refractivity contribution is 0.0685. The normalized spacial score (nSPS) is 11.5. The van der Waals surface area contributed by atoms with Crippen molar-refractivity contribution in [3.8, 4) is 5.75 Å². The summed E-state index contributed by atoms with van der Waals surface area (Å²) >= 11 is 1.38. The van der Waals surface area contributed by atoms with Gasteiger partial charge in [0.2, 0.25) is 0 Å². The Balaban J connectivity index is 2.17. The summed E-state index contributed by atoms with van der Waals surface area (Å²) in [5.74, 6) is 0.157. The smallest absolute Gasteiger partial charge is 0.311 e. The molecule has 6 nitrogen and oxygen atoms in total. The van der Waals surface area contributed by atoms with Crippen LogP contribution in [0.1, 0.15) is 29.1 Å². The molecule has 0 unspecified atom stereocenters. The number of rotatable bonds is 9. The van der Waals surface area contributed by atoms with Crippen LogP contribution in [0.2, 0.25) is 0 Å². The number of ether oxygens (including phenoxy) is 1. The molecule has 0 atom stereocenters. The number of hydrogen-bond donors (Lipinski definition) is 0. The van der Waals surface area contributed by atoms with Gasteiger partial charge in [-0.05, 0) is 43.0 Å². The van der Waals surface area contributed by atoms with Crippen molar-refractivity contribution < 1.29 is 22.1 Å². The summed E-state index contributed by atoms with van der Waals surface area (Å²) in [6.07, 6.45) is 0. The van der Waals surface area contributed by atoms with E-state index in [1.165, 1.54) is 11.3 Å². The maximum Gasteiger partial charge on any atom is 0.311 e. The zero-order valence-corrected chi connectivity index (χ0v) is 16.7. The van der Waals surface area contributed by atoms with Gasteiger partial charge in [0, 0.05) is 20.2 Å². The van der Waals surface area contributed by atoms with Gasteiger partial charge in [0.15, 0.2) is 0 Å². The predicted octanol–water partition coefficient (Wildman–Crippen LogP) is 3.15. The third-order valence-electron chi connectivity index (χ3n) is 3.65. The number of carbonyl (C=O) groups excluding carboxylic acids is 1. The molecule has 1 amide bonds. The second kappa shape index (κ2) is 9.16. The molecule has 0 radical (unpaired) electrons. The number of carbonyl (C=O) groups is 1. The summed E-state index contributed by atoms with van der Waals surface area (Å²) in [4.78, 5) is 15.0. The first-order chi connectivity index (χ1) is 12.3. The number of hydrogen-bond acceptors (Lipinski definition) is 6. The molecule has 0 aliphatic heterocycles. The average molecular weight is 398 g/mol. The molecule has 8 heteroatoms. The molecular formula is C18H23NO5S2. The molecule has 0 bridgehead atoms. The number of methoxy groups -OCH3 is 1. The Bertz CT molecular complexity index is 816. The van der Waals surface area contributed by atoms with E-state index >= 15 is 0 Å². The van der Waals surface area contributed by atoms with Crippen molar-refractivity contribution in [3.63, 3.8) is 0 Å². The minimum absolute atomic E-state index is 0.0850. The zero-order valence-electron chi connectivity index (χ0n) is 15.0. The molecule has 1 aromatic heterocycles. The van der Waals surface area contributed by atoms with Crippen molar-refractivity contribution in [1.82, 2.24) is 4.90 Å². The second-order valence-corrected chi connectivity index (χ2v) is 9.01. The van der Waals surface area contributed by atoms with Crippen LogP contribution in [0.5, 0.6) is 5.75 Å². The first-order valence-electron chi connectivity index (χ1n) is 8.17. The minimum Gasteiger partial charge on any atom is -0.383 e. The van der Waals surface area contributed by atoms with Gasteiger partial charge in [0.05, 0.1) is 16.7 Å². The maximum atomic E-state index is 12.7. The summed E-state index contributed by atoms with van der Waals surface area (Å²) in [5, 5.41) is 1.22. The van der Waals surface area contributed by atoms with Crippen molar-refractivity contribution in [2.24, 2.45) is 0 Å². The van der Waals surface area contributed by atoms with Gasteiger partial charge in [-0.25, -0.2) is 0 Å². The molecular weight excluding hydrogens is 374 g/mol. The summed E-state index contributed by atoms with van der Waals surface area (Å²) in [5.41, 5.74) is 0.780. The number of nitrogens with zero attached hydrogens (tertiary/aromatic N) is 1. The van der Waals surface area contributed by atoms with E-state index in [9.17, 15) is 13.2 Å². The van der Waals surface area contributed by atoms with Crippen molar-refractivity contribution >= 4 is 27.4 Å². The van der Waals surface area contributed by atoms with E-state index in [-0.39, 0.29) is 11.7 Å². The van der Waals surface area contributed by atoms with Gasteiger partial charge in [-0.15, -0.1) is 11.3 Å². The van der Waals surface area contributed by atoms with Crippen LogP contribution in [0.4, 0.5) is 0 Å². The Kier molecular flexibility index (Phi) is 7.19. The Morgan fingerprint density at radius 2 is 2.00 bits per heavy atom. The first-order valence-corrected chi connectivity index (χ1v) is 10.5. The van der Waals surface area contributed by atoms with Crippen molar-refractivity contribution in [3.05, 3.63) is 52.2 Å². The third kappa shape index (κ3) is 5.55. The fourth-order valence-electron chi connectivity index (χ4n) is 2.16. The highest BCUT2D eigenvalue weighted by Crippen LogP contribution is 2.20. The van der Waals surface area contributed by atoms with Crippen molar-refractivity contribution in [1.29, 1.82) is 0 Å². The average Bonchev–Trinajstić information content (AvgIpc) is 3.12. The molecule has 2 aromatic rings. The van der Waals surface area contributed by atoms with E-state index in [2.05, 4.69) is 0 Å². The topological polar surface area (TPSA) is 72.9 Å². The molecule has 0 fully saturated rings. The molecule has 0 saturated carbocycles. The number of benzene rings is 1. The Labute approximate surface area is 158 Å². The molecule has 142 valence electrons. The number of thiophene rings is 1. The SMILES string of the molecule is COCCN(Cc1cccc(OS(=O)(=O)C(C)C)c1)C(=O)c1cccs1. The highest BCUT2D eigenvalue weighted by atomic mass is 32.2. The van der Waals surface area contributed by atoms with Gasteiger partial charge in [0.1, 0.15) is 5.75 Å². The third-order valence-corrected chi connectivity index (χ3v) is 6.08. The van der Waals surface area contributed by atoms with Crippen molar-refractivity contribution in [2.75, 3.05) is 20.3 Å². The van der Waals surface area contributed by atoms with Gasteiger partial charge < -0.3 is 13.8 Å². The second-order valence-electron chi connectivity index (χ2n) is 5.97. The van der Waals surface area contributed by atoms with Gasteiger partial charge in [-0.1, -0.05) is 18.2 Å². The van der Waals surface area contributed by atoms with E-state index in [4.69, 9.17) is 8.92 Å². The molecule has 2 rings (SSSR count). The lowest BCUT2D eigenvalue weighted by atomic mass is 10.2. The Morgan fingerprint density at radius 1 is 1.23 bits per heavy atom. The predicted molar refractivity (Wildman–Crippen MR) is 102 cm³/mol. The summed E-state index contributed by atoms with van der Waals surface area (Å²) < 4.78 is 34.1. The first kappa shape index (κ1) is 20.4. The van der Waals surface area contributed by atoms with Gasteiger partial charge in [0.25, 0.3) is 5.91 Å². The van der Waals surface area contributed by atoms with Crippen LogP contribution < -0.4 is 4.18 Å². The van der Waals surface area contributed by atoms with Crippen molar-refractivity contribution in [2.45, 2.75) is 25.6 Å². The largest absolute Gasteiger partial charge is 0.383 e. The molecule has 0 N–H and O–H groups in total. The number of amides is 1. The molecule has 0 spiro atoms. The molecule has 0 saturated heterocycles. The molecule has 1 aromatic carbocycles. The van der Waals surface area contributed by atoms with Gasteiger partial charge in [-0.3, -0.25) is 4.79 Å². The minimum atomic E-state index is -3.66. The summed E-state index contributed by atoms with van der Waals surface area (Å²) in [6.45, 7) is 4.30. The van der Waals surface area contributed by atoms with Crippen LogP contribution in [0.3, 0.4) is 0 Å². The van der Waals surface area contributed by atoms with Crippen LogP contribution in [-0.2, 0) is 21.4 Å². The molecule has 0 aliphatic carbocycles. The van der Waals surface area contributed by atoms with Crippen LogP contribution in [0.15, 0.2) is 41.8 Å². The van der Waals surface area contributed by atoms with E-state index in [1.807, 2.05) is 17.5 Å². The molecule has 0 aliphatic rings. The van der Waals surface area contributed by atoms with Crippen LogP contribution >= 0.6 is 11.3 Å². The maximum absolute atomic E-state index is 12.7. The van der Waals surface area contributed by atoms with Crippen LogP contribution in [0, 0.1) is 0 Å². The van der Waals surface area contributed by atoms with Gasteiger partial charge in [-0.2, -0.15) is 8.42 Å². The Hall–Kier alpha value is -1.90. The fourth-order valence-corrected chi connectivity index (χ4v) is 3.41. The van der Waals surface area contributed by atoms with E-state index in [0.29, 0.717) is 24.6 Å². The monoisotopic (exact) mass is 397 g/mol. The van der Waals surface area contributed by atoms with Crippen LogP contribution in [-0.4, -0.2) is 44.7 Å². The van der Waals surface area contributed by atoms with Gasteiger partial charge >= 0.3 is 10.1 Å². The summed E-state index contributed by atoms with van der Waals surface area (Å²) in [6, 6.07) is 10.4. The van der Waals surface area contributed by atoms with E-state index in [1.54, 1.807) is 50.1 Å². The quantitative estimate of drug-likeness (QED) is 0.608.